The molecular weight excluding hydrogens is 196 g/mol. The Morgan fingerprint density at radius 2 is 2.21 bits per heavy atom. The van der Waals surface area contributed by atoms with Crippen molar-refractivity contribution in [2.24, 2.45) is 0 Å². The fourth-order valence-electron chi connectivity index (χ4n) is 1.12. The van der Waals surface area contributed by atoms with E-state index in [1.54, 1.807) is 11.3 Å². The van der Waals surface area contributed by atoms with Crippen molar-refractivity contribution in [2.75, 3.05) is 13.2 Å². The van der Waals surface area contributed by atoms with Gasteiger partial charge in [-0.2, -0.15) is 0 Å². The van der Waals surface area contributed by atoms with E-state index in [-0.39, 0.29) is 5.78 Å². The van der Waals surface area contributed by atoms with E-state index in [4.69, 9.17) is 4.74 Å². The number of aryl methyl sites for hydroxylation is 1. The highest BCUT2D eigenvalue weighted by Crippen LogP contribution is 2.16. The Labute approximate surface area is 88.9 Å². The number of ether oxygens (including phenoxy) is 1. The Bertz CT molecular complexity index is 291. The first-order chi connectivity index (χ1) is 6.74. The lowest BCUT2D eigenvalue weighted by Gasteiger charge is -2.00. The standard InChI is InChI=1S/C11H16O2S/c1-3-7-13-8-6-10(12)11-5-4-9(2)14-11/h4-5H,3,6-8H2,1-2H3. The molecule has 1 rings (SSSR count). The van der Waals surface area contributed by atoms with Crippen molar-refractivity contribution in [3.8, 4) is 0 Å². The molecule has 3 heteroatoms. The van der Waals surface area contributed by atoms with Gasteiger partial charge in [-0.3, -0.25) is 4.79 Å². The third kappa shape index (κ3) is 3.60. The molecule has 1 heterocycles. The van der Waals surface area contributed by atoms with Gasteiger partial charge in [-0.15, -0.1) is 11.3 Å². The van der Waals surface area contributed by atoms with Crippen LogP contribution in [0.25, 0.3) is 0 Å². The molecule has 14 heavy (non-hydrogen) atoms. The molecule has 0 radical (unpaired) electrons. The summed E-state index contributed by atoms with van der Waals surface area (Å²) < 4.78 is 5.27. The van der Waals surface area contributed by atoms with Gasteiger partial charge in [0.15, 0.2) is 5.78 Å². The lowest BCUT2D eigenvalue weighted by atomic mass is 10.2. The van der Waals surface area contributed by atoms with E-state index in [2.05, 4.69) is 6.92 Å². The predicted octanol–water partition coefficient (Wildman–Crippen LogP) is 3.06. The first kappa shape index (κ1) is 11.4. The second-order valence-corrected chi connectivity index (χ2v) is 4.48. The Morgan fingerprint density at radius 3 is 2.79 bits per heavy atom. The van der Waals surface area contributed by atoms with Crippen LogP contribution in [0.1, 0.15) is 34.3 Å². The van der Waals surface area contributed by atoms with Crippen molar-refractivity contribution in [1.29, 1.82) is 0 Å². The lowest BCUT2D eigenvalue weighted by Crippen LogP contribution is -2.03. The molecule has 0 spiro atoms. The molecule has 0 N–H and O–H groups in total. The summed E-state index contributed by atoms with van der Waals surface area (Å²) in [6.45, 7) is 5.36. The Kier molecular flexibility index (Phi) is 4.84. The largest absolute Gasteiger partial charge is 0.381 e. The van der Waals surface area contributed by atoms with Crippen molar-refractivity contribution in [1.82, 2.24) is 0 Å². The van der Waals surface area contributed by atoms with E-state index in [0.29, 0.717) is 13.0 Å². The number of hydrogen-bond acceptors (Lipinski definition) is 3. The van der Waals surface area contributed by atoms with Crippen molar-refractivity contribution in [3.63, 3.8) is 0 Å². The number of rotatable bonds is 6. The molecule has 0 unspecified atom stereocenters. The van der Waals surface area contributed by atoms with Crippen LogP contribution in [0.3, 0.4) is 0 Å². The van der Waals surface area contributed by atoms with Crippen molar-refractivity contribution in [2.45, 2.75) is 26.7 Å². The van der Waals surface area contributed by atoms with Gasteiger partial charge in [0, 0.05) is 17.9 Å². The number of Topliss-reactive ketones (excluding diaryl/α,β-unsaturated/α-hetero) is 1. The van der Waals surface area contributed by atoms with Gasteiger partial charge in [0.05, 0.1) is 11.5 Å². The van der Waals surface area contributed by atoms with Gasteiger partial charge in [-0.1, -0.05) is 6.92 Å². The normalized spacial score (nSPS) is 10.4. The molecule has 0 atom stereocenters. The van der Waals surface area contributed by atoms with Gasteiger partial charge in [-0.25, -0.2) is 0 Å². The van der Waals surface area contributed by atoms with Crippen LogP contribution in [-0.4, -0.2) is 19.0 Å². The van der Waals surface area contributed by atoms with Crippen molar-refractivity contribution in [3.05, 3.63) is 21.9 Å². The quantitative estimate of drug-likeness (QED) is 0.535. The molecule has 0 fully saturated rings. The Hall–Kier alpha value is -0.670. The summed E-state index contributed by atoms with van der Waals surface area (Å²) in [4.78, 5) is 13.6. The maximum absolute atomic E-state index is 11.6. The maximum Gasteiger partial charge on any atom is 0.175 e. The summed E-state index contributed by atoms with van der Waals surface area (Å²) in [5.74, 6) is 0.194. The fourth-order valence-corrected chi connectivity index (χ4v) is 1.95. The molecule has 0 aliphatic rings. The van der Waals surface area contributed by atoms with Crippen LogP contribution in [-0.2, 0) is 4.74 Å². The number of carbonyl (C=O) groups excluding carboxylic acids is 1. The smallest absolute Gasteiger partial charge is 0.175 e. The number of hydrogen-bond donors (Lipinski definition) is 0. The van der Waals surface area contributed by atoms with E-state index in [1.165, 1.54) is 4.88 Å². The summed E-state index contributed by atoms with van der Waals surface area (Å²) in [7, 11) is 0. The van der Waals surface area contributed by atoms with Crippen molar-refractivity contribution < 1.29 is 9.53 Å². The lowest BCUT2D eigenvalue weighted by molar-refractivity contribution is 0.0882. The van der Waals surface area contributed by atoms with Crippen LogP contribution >= 0.6 is 11.3 Å². The summed E-state index contributed by atoms with van der Waals surface area (Å²) in [6.07, 6.45) is 1.51. The van der Waals surface area contributed by atoms with Crippen LogP contribution in [0.4, 0.5) is 0 Å². The third-order valence-electron chi connectivity index (χ3n) is 1.84. The van der Waals surface area contributed by atoms with E-state index < -0.39 is 0 Å². The second-order valence-electron chi connectivity index (χ2n) is 3.20. The second kappa shape index (κ2) is 5.94. The third-order valence-corrected chi connectivity index (χ3v) is 2.88. The monoisotopic (exact) mass is 212 g/mol. The van der Waals surface area contributed by atoms with Crippen LogP contribution < -0.4 is 0 Å². The first-order valence-electron chi connectivity index (χ1n) is 4.91. The number of ketones is 1. The van der Waals surface area contributed by atoms with Gasteiger partial charge in [-0.05, 0) is 25.5 Å². The topological polar surface area (TPSA) is 26.3 Å². The minimum absolute atomic E-state index is 0.194. The highest BCUT2D eigenvalue weighted by molar-refractivity contribution is 7.14. The molecule has 0 amide bonds. The highest BCUT2D eigenvalue weighted by atomic mass is 32.1. The highest BCUT2D eigenvalue weighted by Gasteiger charge is 2.07. The van der Waals surface area contributed by atoms with Gasteiger partial charge in [0.2, 0.25) is 0 Å². The maximum atomic E-state index is 11.6. The molecule has 0 aromatic carbocycles. The van der Waals surface area contributed by atoms with E-state index >= 15 is 0 Å². The first-order valence-corrected chi connectivity index (χ1v) is 5.73. The van der Waals surface area contributed by atoms with Gasteiger partial charge < -0.3 is 4.74 Å². The summed E-state index contributed by atoms with van der Waals surface area (Å²) in [5.41, 5.74) is 0. The van der Waals surface area contributed by atoms with E-state index in [9.17, 15) is 4.79 Å². The van der Waals surface area contributed by atoms with E-state index in [0.717, 1.165) is 17.9 Å². The van der Waals surface area contributed by atoms with Crippen molar-refractivity contribution >= 4 is 17.1 Å². The number of carbonyl (C=O) groups is 1. The average molecular weight is 212 g/mol. The zero-order chi connectivity index (χ0) is 10.4. The molecule has 2 nitrogen and oxygen atoms in total. The zero-order valence-corrected chi connectivity index (χ0v) is 9.52. The molecule has 0 aliphatic heterocycles. The van der Waals surface area contributed by atoms with Gasteiger partial charge in [0.25, 0.3) is 0 Å². The molecule has 0 bridgehead atoms. The SMILES string of the molecule is CCCOCCC(=O)c1ccc(C)s1. The minimum Gasteiger partial charge on any atom is -0.381 e. The molecule has 78 valence electrons. The van der Waals surface area contributed by atoms with Crippen LogP contribution in [0, 0.1) is 6.92 Å². The zero-order valence-electron chi connectivity index (χ0n) is 8.71. The molecule has 0 saturated heterocycles. The summed E-state index contributed by atoms with van der Waals surface area (Å²) in [5, 5.41) is 0. The predicted molar refractivity (Wildman–Crippen MR) is 59.1 cm³/mol. The molecule has 1 aromatic rings. The summed E-state index contributed by atoms with van der Waals surface area (Å²) in [6, 6.07) is 3.87. The van der Waals surface area contributed by atoms with Gasteiger partial charge in [0.1, 0.15) is 0 Å². The van der Waals surface area contributed by atoms with E-state index in [1.807, 2.05) is 19.1 Å². The Balaban J connectivity index is 2.29. The van der Waals surface area contributed by atoms with Crippen LogP contribution in [0.15, 0.2) is 12.1 Å². The summed E-state index contributed by atoms with van der Waals surface area (Å²) >= 11 is 1.55. The fraction of sp³-hybridized carbons (Fsp3) is 0.545. The number of thiophene rings is 1. The molecular formula is C11H16O2S. The van der Waals surface area contributed by atoms with Crippen LogP contribution in [0.2, 0.25) is 0 Å². The minimum atomic E-state index is 0.194. The Morgan fingerprint density at radius 1 is 1.43 bits per heavy atom. The average Bonchev–Trinajstić information content (AvgIpc) is 2.59. The molecule has 0 aliphatic carbocycles. The molecule has 0 saturated carbocycles. The van der Waals surface area contributed by atoms with Crippen LogP contribution in [0.5, 0.6) is 0 Å². The molecule has 1 aromatic heterocycles. The van der Waals surface area contributed by atoms with Gasteiger partial charge >= 0.3 is 0 Å².